The van der Waals surface area contributed by atoms with Crippen LogP contribution in [0.25, 0.3) is 0 Å². The standard InChI is InChI=1S/C6H11IN2O/c1-8-6(10)5-3-2-4-9(5)7/h5H,2-4H2,1H3,(H,8,10). The maximum atomic E-state index is 11.1. The van der Waals surface area contributed by atoms with E-state index < -0.39 is 0 Å². The van der Waals surface area contributed by atoms with E-state index >= 15 is 0 Å². The van der Waals surface area contributed by atoms with Gasteiger partial charge < -0.3 is 5.32 Å². The van der Waals surface area contributed by atoms with Crippen LogP contribution in [0.5, 0.6) is 0 Å². The van der Waals surface area contributed by atoms with Crippen LogP contribution in [0.3, 0.4) is 0 Å². The first-order chi connectivity index (χ1) is 4.75. The Hall–Kier alpha value is 0.160. The summed E-state index contributed by atoms with van der Waals surface area (Å²) in [6.07, 6.45) is 2.14. The maximum Gasteiger partial charge on any atom is 0.237 e. The highest BCUT2D eigenvalue weighted by Gasteiger charge is 2.27. The zero-order valence-electron chi connectivity index (χ0n) is 5.93. The fourth-order valence-electron chi connectivity index (χ4n) is 1.16. The van der Waals surface area contributed by atoms with Gasteiger partial charge in [0.25, 0.3) is 0 Å². The molecule has 0 bridgehead atoms. The van der Waals surface area contributed by atoms with Gasteiger partial charge in [0, 0.05) is 36.5 Å². The third-order valence-corrected chi connectivity index (χ3v) is 2.89. The molecule has 0 spiro atoms. The highest BCUT2D eigenvalue weighted by Crippen LogP contribution is 2.20. The number of carbonyl (C=O) groups is 1. The van der Waals surface area contributed by atoms with Crippen LogP contribution in [0.4, 0.5) is 0 Å². The molecule has 3 nitrogen and oxygen atoms in total. The number of halogens is 1. The van der Waals surface area contributed by atoms with Crippen molar-refractivity contribution in [1.29, 1.82) is 0 Å². The molecule has 58 valence electrons. The Labute approximate surface area is 74.6 Å². The molecule has 10 heavy (non-hydrogen) atoms. The van der Waals surface area contributed by atoms with E-state index in [4.69, 9.17) is 0 Å². The van der Waals surface area contributed by atoms with Gasteiger partial charge in [-0.2, -0.15) is 0 Å². The molecule has 1 rings (SSSR count). The number of amides is 1. The number of carbonyl (C=O) groups excluding carboxylic acids is 1. The molecule has 0 aromatic carbocycles. The number of likely N-dealkylation sites (N-methyl/N-ethyl adjacent to an activating group) is 1. The summed E-state index contributed by atoms with van der Waals surface area (Å²) in [6, 6.07) is 0.116. The third-order valence-electron chi connectivity index (χ3n) is 1.74. The Morgan fingerprint density at radius 1 is 1.80 bits per heavy atom. The Balaban J connectivity index is 2.46. The van der Waals surface area contributed by atoms with Crippen LogP contribution in [0.1, 0.15) is 12.8 Å². The average Bonchev–Trinajstić information content (AvgIpc) is 2.34. The van der Waals surface area contributed by atoms with Crippen LogP contribution in [0.15, 0.2) is 0 Å². The lowest BCUT2D eigenvalue weighted by Gasteiger charge is -2.14. The smallest absolute Gasteiger partial charge is 0.237 e. The first-order valence-electron chi connectivity index (χ1n) is 3.39. The highest BCUT2D eigenvalue weighted by molar-refractivity contribution is 14.1. The first kappa shape index (κ1) is 8.26. The molecule has 1 aliphatic rings. The van der Waals surface area contributed by atoms with Crippen LogP contribution in [-0.4, -0.2) is 28.7 Å². The number of nitrogens with one attached hydrogen (secondary N) is 1. The van der Waals surface area contributed by atoms with Gasteiger partial charge in [-0.1, -0.05) is 0 Å². The first-order valence-corrected chi connectivity index (χ1v) is 4.36. The Kier molecular flexibility index (Phi) is 2.91. The average molecular weight is 254 g/mol. The number of nitrogens with zero attached hydrogens (tertiary/aromatic N) is 1. The zero-order chi connectivity index (χ0) is 7.56. The summed E-state index contributed by atoms with van der Waals surface area (Å²) < 4.78 is 2.07. The summed E-state index contributed by atoms with van der Waals surface area (Å²) in [6.45, 7) is 1.04. The topological polar surface area (TPSA) is 32.3 Å². The van der Waals surface area contributed by atoms with Crippen molar-refractivity contribution >= 4 is 28.8 Å². The van der Waals surface area contributed by atoms with Crippen molar-refractivity contribution in [3.05, 3.63) is 0 Å². The van der Waals surface area contributed by atoms with Crippen LogP contribution in [-0.2, 0) is 4.79 Å². The van der Waals surface area contributed by atoms with Crippen LogP contribution in [0, 0.1) is 0 Å². The molecule has 1 N–H and O–H groups in total. The molecule has 0 aliphatic carbocycles. The van der Waals surface area contributed by atoms with Gasteiger partial charge in [0.15, 0.2) is 0 Å². The molecular weight excluding hydrogens is 243 g/mol. The van der Waals surface area contributed by atoms with Crippen molar-refractivity contribution in [3.63, 3.8) is 0 Å². The minimum atomic E-state index is 0.116. The monoisotopic (exact) mass is 254 g/mol. The van der Waals surface area contributed by atoms with E-state index in [0.29, 0.717) is 0 Å². The number of hydrogen-bond acceptors (Lipinski definition) is 2. The minimum absolute atomic E-state index is 0.116. The van der Waals surface area contributed by atoms with E-state index in [1.54, 1.807) is 7.05 Å². The summed E-state index contributed by atoms with van der Waals surface area (Å²) in [5.74, 6) is 0.145. The number of rotatable bonds is 1. The van der Waals surface area contributed by atoms with E-state index in [9.17, 15) is 4.79 Å². The zero-order valence-corrected chi connectivity index (χ0v) is 8.09. The summed E-state index contributed by atoms with van der Waals surface area (Å²) in [5.41, 5.74) is 0. The van der Waals surface area contributed by atoms with Gasteiger partial charge >= 0.3 is 0 Å². The molecule has 1 heterocycles. The predicted molar refractivity (Wildman–Crippen MR) is 47.8 cm³/mol. The molecule has 1 amide bonds. The molecular formula is C6H11IN2O. The van der Waals surface area contributed by atoms with Crippen molar-refractivity contribution in [2.75, 3.05) is 13.6 Å². The van der Waals surface area contributed by atoms with Gasteiger partial charge in [-0.3, -0.25) is 4.79 Å². The van der Waals surface area contributed by atoms with Crippen molar-refractivity contribution < 1.29 is 4.79 Å². The highest BCUT2D eigenvalue weighted by atomic mass is 127. The second-order valence-corrected chi connectivity index (χ2v) is 3.63. The number of hydrogen-bond donors (Lipinski definition) is 1. The molecule has 0 aromatic rings. The van der Waals surface area contributed by atoms with E-state index in [0.717, 1.165) is 19.4 Å². The van der Waals surface area contributed by atoms with Gasteiger partial charge in [-0.15, -0.1) is 0 Å². The Bertz CT molecular complexity index is 140. The van der Waals surface area contributed by atoms with Gasteiger partial charge in [0.2, 0.25) is 5.91 Å². The fourth-order valence-corrected chi connectivity index (χ4v) is 2.03. The molecule has 1 aliphatic heterocycles. The van der Waals surface area contributed by atoms with Crippen LogP contribution >= 0.6 is 22.9 Å². The molecule has 0 aromatic heterocycles. The van der Waals surface area contributed by atoms with E-state index in [-0.39, 0.29) is 11.9 Å². The van der Waals surface area contributed by atoms with E-state index in [1.165, 1.54) is 0 Å². The van der Waals surface area contributed by atoms with Crippen LogP contribution in [0.2, 0.25) is 0 Å². The second-order valence-electron chi connectivity index (χ2n) is 2.40. The molecule has 1 fully saturated rings. The molecule has 1 saturated heterocycles. The summed E-state index contributed by atoms with van der Waals surface area (Å²) in [5, 5.41) is 2.65. The normalized spacial score (nSPS) is 26.8. The largest absolute Gasteiger partial charge is 0.358 e. The fraction of sp³-hybridized carbons (Fsp3) is 0.833. The van der Waals surface area contributed by atoms with E-state index in [2.05, 4.69) is 31.3 Å². The van der Waals surface area contributed by atoms with Gasteiger partial charge in [0.1, 0.15) is 0 Å². The van der Waals surface area contributed by atoms with E-state index in [1.807, 2.05) is 0 Å². The lowest BCUT2D eigenvalue weighted by atomic mass is 10.2. The lowest BCUT2D eigenvalue weighted by Crippen LogP contribution is -2.36. The summed E-state index contributed by atoms with van der Waals surface area (Å²) >= 11 is 2.21. The van der Waals surface area contributed by atoms with Crippen molar-refractivity contribution in [3.8, 4) is 0 Å². The molecule has 1 unspecified atom stereocenters. The quantitative estimate of drug-likeness (QED) is 0.547. The SMILES string of the molecule is CNC(=O)C1CCCN1I. The van der Waals surface area contributed by atoms with Crippen molar-refractivity contribution in [2.45, 2.75) is 18.9 Å². The van der Waals surface area contributed by atoms with Gasteiger partial charge in [0.05, 0.1) is 6.04 Å². The predicted octanol–water partition coefficient (Wildman–Crippen LogP) is 0.547. The summed E-state index contributed by atoms with van der Waals surface area (Å²) in [4.78, 5) is 11.1. The molecule has 0 saturated carbocycles. The molecule has 4 heteroatoms. The summed E-state index contributed by atoms with van der Waals surface area (Å²) in [7, 11) is 1.69. The van der Waals surface area contributed by atoms with Crippen LogP contribution < -0.4 is 5.32 Å². The van der Waals surface area contributed by atoms with Gasteiger partial charge in [-0.25, -0.2) is 3.11 Å². The van der Waals surface area contributed by atoms with Gasteiger partial charge in [-0.05, 0) is 12.8 Å². The third kappa shape index (κ3) is 1.60. The molecule has 0 radical (unpaired) electrons. The Morgan fingerprint density at radius 2 is 2.50 bits per heavy atom. The van der Waals surface area contributed by atoms with Crippen molar-refractivity contribution in [2.24, 2.45) is 0 Å². The minimum Gasteiger partial charge on any atom is -0.358 e. The molecule has 1 atom stereocenters. The van der Waals surface area contributed by atoms with Crippen molar-refractivity contribution in [1.82, 2.24) is 8.43 Å². The maximum absolute atomic E-state index is 11.1. The second kappa shape index (κ2) is 3.52. The lowest BCUT2D eigenvalue weighted by molar-refractivity contribution is -0.123. The Morgan fingerprint density at radius 3 is 2.90 bits per heavy atom.